The summed E-state index contributed by atoms with van der Waals surface area (Å²) in [5.41, 5.74) is 3.29. The fourth-order valence-electron chi connectivity index (χ4n) is 2.86. The van der Waals surface area contributed by atoms with Crippen molar-refractivity contribution in [2.75, 3.05) is 5.43 Å². The molecule has 0 amide bonds. The van der Waals surface area contributed by atoms with E-state index in [4.69, 9.17) is 0 Å². The molecule has 1 saturated carbocycles. The fraction of sp³-hybridized carbons (Fsp3) is 0.714. The predicted molar refractivity (Wildman–Crippen MR) is 75.1 cm³/mol. The van der Waals surface area contributed by atoms with Gasteiger partial charge in [-0.05, 0) is 39.5 Å². The van der Waals surface area contributed by atoms with Gasteiger partial charge in [-0.15, -0.1) is 0 Å². The first-order valence-corrected chi connectivity index (χ1v) is 7.30. The Morgan fingerprint density at radius 3 is 2.58 bits per heavy atom. The second-order valence-electron chi connectivity index (χ2n) is 5.94. The minimum absolute atomic E-state index is 0.0586. The maximum atomic E-state index is 11.7. The van der Waals surface area contributed by atoms with Crippen molar-refractivity contribution >= 4 is 5.82 Å². The number of hydrazine groups is 1. The van der Waals surface area contributed by atoms with Crippen molar-refractivity contribution in [3.05, 3.63) is 22.2 Å². The van der Waals surface area contributed by atoms with Gasteiger partial charge in [0.1, 0.15) is 11.6 Å². The summed E-state index contributed by atoms with van der Waals surface area (Å²) in [5, 5.41) is 2.24. The monoisotopic (exact) mass is 262 g/mol. The second kappa shape index (κ2) is 4.96. The summed E-state index contributed by atoms with van der Waals surface area (Å²) in [6.07, 6.45) is 5.94. The lowest BCUT2D eigenvalue weighted by atomic mass is 10.00. The quantitative estimate of drug-likeness (QED) is 0.877. The molecule has 1 aliphatic carbocycles. The Kier molecular flexibility index (Phi) is 3.31. The van der Waals surface area contributed by atoms with Gasteiger partial charge >= 0.3 is 0 Å². The average molecular weight is 262 g/mol. The number of aromatic amines is 1. The Labute approximate surface area is 113 Å². The van der Waals surface area contributed by atoms with Crippen LogP contribution in [-0.4, -0.2) is 27.1 Å². The van der Waals surface area contributed by atoms with Crippen LogP contribution in [-0.2, 0) is 0 Å². The van der Waals surface area contributed by atoms with Crippen LogP contribution in [0.5, 0.6) is 0 Å². The summed E-state index contributed by atoms with van der Waals surface area (Å²) in [5.74, 6) is 1.99. The Hall–Kier alpha value is -1.36. The van der Waals surface area contributed by atoms with Crippen molar-refractivity contribution in [2.24, 2.45) is 0 Å². The SMILES string of the molecule is CC1CCCC(C)N1Nc1cc(=O)[nH]c(C2CC2)n1. The van der Waals surface area contributed by atoms with Gasteiger partial charge in [0.05, 0.1) is 0 Å². The molecule has 19 heavy (non-hydrogen) atoms. The lowest BCUT2D eigenvalue weighted by Gasteiger charge is -2.39. The number of hydrogen-bond acceptors (Lipinski definition) is 4. The Morgan fingerprint density at radius 2 is 1.95 bits per heavy atom. The zero-order chi connectivity index (χ0) is 13.4. The van der Waals surface area contributed by atoms with Crippen molar-refractivity contribution < 1.29 is 0 Å². The first-order chi connectivity index (χ1) is 9.13. The highest BCUT2D eigenvalue weighted by atomic mass is 16.1. The molecule has 2 atom stereocenters. The highest BCUT2D eigenvalue weighted by Crippen LogP contribution is 2.37. The molecule has 104 valence electrons. The minimum atomic E-state index is -0.0586. The van der Waals surface area contributed by atoms with Gasteiger partial charge in [0, 0.05) is 24.1 Å². The molecule has 1 aromatic rings. The Morgan fingerprint density at radius 1 is 1.26 bits per heavy atom. The number of anilines is 1. The molecule has 5 heteroatoms. The van der Waals surface area contributed by atoms with E-state index < -0.39 is 0 Å². The molecule has 1 saturated heterocycles. The maximum absolute atomic E-state index is 11.7. The lowest BCUT2D eigenvalue weighted by molar-refractivity contribution is 0.135. The summed E-state index contributed by atoms with van der Waals surface area (Å²) in [6, 6.07) is 2.52. The molecule has 0 bridgehead atoms. The van der Waals surface area contributed by atoms with E-state index in [1.54, 1.807) is 6.07 Å². The molecule has 2 aliphatic rings. The minimum Gasteiger partial charge on any atom is -0.310 e. The van der Waals surface area contributed by atoms with E-state index in [0.717, 1.165) is 18.7 Å². The molecular weight excluding hydrogens is 240 g/mol. The molecule has 0 radical (unpaired) electrons. The van der Waals surface area contributed by atoms with E-state index in [1.165, 1.54) is 19.3 Å². The summed E-state index contributed by atoms with van der Waals surface area (Å²) in [4.78, 5) is 19.1. The number of nitrogens with one attached hydrogen (secondary N) is 2. The summed E-state index contributed by atoms with van der Waals surface area (Å²) >= 11 is 0. The first-order valence-electron chi connectivity index (χ1n) is 7.30. The average Bonchev–Trinajstić information content (AvgIpc) is 3.17. The van der Waals surface area contributed by atoms with Crippen molar-refractivity contribution in [2.45, 2.75) is 64.0 Å². The van der Waals surface area contributed by atoms with Gasteiger partial charge in [-0.25, -0.2) is 9.99 Å². The van der Waals surface area contributed by atoms with E-state index in [-0.39, 0.29) is 5.56 Å². The van der Waals surface area contributed by atoms with Crippen LogP contribution in [0.2, 0.25) is 0 Å². The number of nitrogens with zero attached hydrogens (tertiary/aromatic N) is 2. The molecule has 2 N–H and O–H groups in total. The van der Waals surface area contributed by atoms with Crippen LogP contribution < -0.4 is 11.0 Å². The zero-order valence-electron chi connectivity index (χ0n) is 11.6. The first kappa shape index (κ1) is 12.7. The van der Waals surface area contributed by atoms with Crippen LogP contribution in [0.4, 0.5) is 5.82 Å². The standard InChI is InChI=1S/C14H22N4O/c1-9-4-3-5-10(2)18(9)17-12-8-13(19)16-14(15-12)11-6-7-11/h8-11H,3-7H2,1-2H3,(H2,15,16,17,19). The van der Waals surface area contributed by atoms with Crippen LogP contribution >= 0.6 is 0 Å². The van der Waals surface area contributed by atoms with Crippen molar-refractivity contribution in [3.63, 3.8) is 0 Å². The number of piperidine rings is 1. The summed E-state index contributed by atoms with van der Waals surface area (Å²) in [6.45, 7) is 4.44. The van der Waals surface area contributed by atoms with E-state index >= 15 is 0 Å². The van der Waals surface area contributed by atoms with Crippen LogP contribution in [0.25, 0.3) is 0 Å². The maximum Gasteiger partial charge on any atom is 0.253 e. The highest BCUT2D eigenvalue weighted by Gasteiger charge is 2.28. The Balaban J connectivity index is 1.80. The third-order valence-corrected chi connectivity index (χ3v) is 4.16. The summed E-state index contributed by atoms with van der Waals surface area (Å²) < 4.78 is 0. The molecule has 0 spiro atoms. The second-order valence-corrected chi connectivity index (χ2v) is 5.94. The van der Waals surface area contributed by atoms with Gasteiger partial charge in [0.2, 0.25) is 0 Å². The van der Waals surface area contributed by atoms with E-state index in [1.807, 2.05) is 0 Å². The normalized spacial score (nSPS) is 28.3. The number of H-pyrrole nitrogens is 1. The van der Waals surface area contributed by atoms with Crippen molar-refractivity contribution in [1.82, 2.24) is 15.0 Å². The predicted octanol–water partition coefficient (Wildman–Crippen LogP) is 2.24. The number of hydrogen-bond donors (Lipinski definition) is 2. The molecule has 5 nitrogen and oxygen atoms in total. The molecule has 1 aliphatic heterocycles. The molecule has 2 unspecified atom stereocenters. The number of rotatable bonds is 3. The van der Waals surface area contributed by atoms with Gasteiger partial charge in [0.25, 0.3) is 5.56 Å². The van der Waals surface area contributed by atoms with E-state index in [0.29, 0.717) is 23.8 Å². The van der Waals surface area contributed by atoms with E-state index in [9.17, 15) is 4.79 Å². The summed E-state index contributed by atoms with van der Waals surface area (Å²) in [7, 11) is 0. The molecular formula is C14H22N4O. The topological polar surface area (TPSA) is 61.0 Å². The molecule has 2 heterocycles. The van der Waals surface area contributed by atoms with Gasteiger partial charge in [-0.2, -0.15) is 0 Å². The largest absolute Gasteiger partial charge is 0.310 e. The number of aromatic nitrogens is 2. The molecule has 1 aromatic heterocycles. The third-order valence-electron chi connectivity index (χ3n) is 4.16. The van der Waals surface area contributed by atoms with Crippen molar-refractivity contribution in [3.8, 4) is 0 Å². The van der Waals surface area contributed by atoms with Gasteiger partial charge in [-0.1, -0.05) is 6.42 Å². The van der Waals surface area contributed by atoms with Crippen LogP contribution in [0, 0.1) is 0 Å². The third kappa shape index (κ3) is 2.81. The van der Waals surface area contributed by atoms with Crippen LogP contribution in [0.1, 0.15) is 57.7 Å². The Bertz CT molecular complexity index is 498. The van der Waals surface area contributed by atoms with Gasteiger partial charge in [-0.3, -0.25) is 4.79 Å². The smallest absolute Gasteiger partial charge is 0.253 e. The molecule has 2 fully saturated rings. The molecule has 3 rings (SSSR count). The fourth-order valence-corrected chi connectivity index (χ4v) is 2.86. The zero-order valence-corrected chi connectivity index (χ0v) is 11.6. The van der Waals surface area contributed by atoms with E-state index in [2.05, 4.69) is 34.3 Å². The van der Waals surface area contributed by atoms with Crippen LogP contribution in [0.15, 0.2) is 10.9 Å². The van der Waals surface area contributed by atoms with Crippen LogP contribution in [0.3, 0.4) is 0 Å². The van der Waals surface area contributed by atoms with Crippen molar-refractivity contribution in [1.29, 1.82) is 0 Å². The van der Waals surface area contributed by atoms with Gasteiger partial charge in [0.15, 0.2) is 0 Å². The highest BCUT2D eigenvalue weighted by molar-refractivity contribution is 5.33. The lowest BCUT2D eigenvalue weighted by Crippen LogP contribution is -2.47. The molecule has 0 aromatic carbocycles. The van der Waals surface area contributed by atoms with Gasteiger partial charge < -0.3 is 10.4 Å².